The molecule has 0 radical (unpaired) electrons. The van der Waals surface area contributed by atoms with Crippen LogP contribution in [0.3, 0.4) is 0 Å². The molecule has 4 nitrogen and oxygen atoms in total. The fourth-order valence-electron chi connectivity index (χ4n) is 1.42. The lowest BCUT2D eigenvalue weighted by molar-refractivity contribution is -0.274. The van der Waals surface area contributed by atoms with Crippen molar-refractivity contribution in [1.29, 1.82) is 0 Å². The van der Waals surface area contributed by atoms with Gasteiger partial charge in [0.05, 0.1) is 0 Å². The molecule has 118 valence electrons. The highest BCUT2D eigenvalue weighted by Gasteiger charge is 2.61. The van der Waals surface area contributed by atoms with Gasteiger partial charge in [-0.1, -0.05) is 6.07 Å². The largest absolute Gasteiger partial charge is 0.479 e. The van der Waals surface area contributed by atoms with E-state index in [0.29, 0.717) is 0 Å². The number of alkyl halides is 6. The minimum atomic E-state index is -5.87. The first-order chi connectivity index (χ1) is 9.44. The number of halogens is 6. The number of amides is 1. The number of carbonyl (C=O) groups excluding carboxylic acids is 1. The maximum Gasteiger partial charge on any atom is 0.409 e. The third-order valence-electron chi connectivity index (χ3n) is 2.28. The zero-order valence-electron chi connectivity index (χ0n) is 9.83. The average molecular weight is 335 g/mol. The van der Waals surface area contributed by atoms with Crippen molar-refractivity contribution in [2.24, 2.45) is 5.92 Å². The Labute approximate surface area is 117 Å². The van der Waals surface area contributed by atoms with E-state index in [2.05, 4.69) is 0 Å². The van der Waals surface area contributed by atoms with E-state index in [9.17, 15) is 35.9 Å². The lowest BCUT2D eigenvalue weighted by Gasteiger charge is -2.23. The molecule has 0 fully saturated rings. The molecule has 0 saturated heterocycles. The van der Waals surface area contributed by atoms with E-state index in [4.69, 9.17) is 5.11 Å². The summed E-state index contributed by atoms with van der Waals surface area (Å²) < 4.78 is 74.0. The molecule has 0 aliphatic rings. The topological polar surface area (TPSA) is 66.4 Å². The molecule has 21 heavy (non-hydrogen) atoms. The molecular weight excluding hydrogens is 328 g/mol. The van der Waals surface area contributed by atoms with E-state index in [1.807, 2.05) is 0 Å². The van der Waals surface area contributed by atoms with Gasteiger partial charge in [-0.25, -0.2) is 4.79 Å². The van der Waals surface area contributed by atoms with Gasteiger partial charge in [-0.2, -0.15) is 26.3 Å². The molecule has 1 rings (SSSR count). The van der Waals surface area contributed by atoms with Gasteiger partial charge in [0.2, 0.25) is 11.8 Å². The van der Waals surface area contributed by atoms with E-state index < -0.39 is 36.2 Å². The summed E-state index contributed by atoms with van der Waals surface area (Å²) in [6.45, 7) is 0. The van der Waals surface area contributed by atoms with Gasteiger partial charge < -0.3 is 10.4 Å². The summed E-state index contributed by atoms with van der Waals surface area (Å²) in [6.07, 6.45) is -11.7. The molecule has 1 aromatic heterocycles. The lowest BCUT2D eigenvalue weighted by Crippen LogP contribution is -2.49. The Morgan fingerprint density at radius 1 is 1.14 bits per heavy atom. The molecule has 11 heteroatoms. The molecule has 0 aliphatic carbocycles. The molecule has 0 bridgehead atoms. The van der Waals surface area contributed by atoms with Crippen molar-refractivity contribution in [3.8, 4) is 0 Å². The molecule has 1 atom stereocenters. The summed E-state index contributed by atoms with van der Waals surface area (Å²) in [6, 6.07) is 0.525. The Morgan fingerprint density at radius 2 is 1.67 bits per heavy atom. The van der Waals surface area contributed by atoms with E-state index in [0.717, 1.165) is 11.3 Å². The summed E-state index contributed by atoms with van der Waals surface area (Å²) in [5.74, 6) is -8.52. The van der Waals surface area contributed by atoms with Crippen LogP contribution in [0.1, 0.15) is 10.9 Å². The smallest absolute Gasteiger partial charge is 0.409 e. The van der Waals surface area contributed by atoms with E-state index in [1.54, 1.807) is 0 Å². The Morgan fingerprint density at radius 3 is 2.00 bits per heavy atom. The summed E-state index contributed by atoms with van der Waals surface area (Å²) in [4.78, 5) is 22.0. The number of aliphatic carboxylic acids is 1. The van der Waals surface area contributed by atoms with Crippen LogP contribution < -0.4 is 5.32 Å². The van der Waals surface area contributed by atoms with Crippen molar-refractivity contribution in [2.45, 2.75) is 18.4 Å². The summed E-state index contributed by atoms with van der Waals surface area (Å²) in [7, 11) is 0. The number of thiophene rings is 1. The second-order valence-electron chi connectivity index (χ2n) is 3.81. The number of carbonyl (C=O) groups is 2. The predicted octanol–water partition coefficient (Wildman–Crippen LogP) is 2.73. The van der Waals surface area contributed by atoms with E-state index in [-0.39, 0.29) is 4.88 Å². The second-order valence-corrected chi connectivity index (χ2v) is 4.79. The van der Waals surface area contributed by atoms with Crippen LogP contribution in [0.4, 0.5) is 26.3 Å². The van der Waals surface area contributed by atoms with Crippen molar-refractivity contribution in [3.05, 3.63) is 22.4 Å². The van der Waals surface area contributed by atoms with Gasteiger partial charge in [0, 0.05) is 4.88 Å². The first-order valence-electron chi connectivity index (χ1n) is 5.14. The van der Waals surface area contributed by atoms with Crippen LogP contribution >= 0.6 is 11.3 Å². The van der Waals surface area contributed by atoms with Crippen LogP contribution in [0.2, 0.25) is 0 Å². The Balaban J connectivity index is 3.03. The van der Waals surface area contributed by atoms with Gasteiger partial charge >= 0.3 is 18.3 Å². The number of hydrogen-bond acceptors (Lipinski definition) is 3. The molecule has 0 spiro atoms. The number of rotatable bonds is 4. The Kier molecular flexibility index (Phi) is 4.87. The fraction of sp³-hybridized carbons (Fsp3) is 0.400. The molecule has 0 aromatic carbocycles. The maximum atomic E-state index is 12.3. The van der Waals surface area contributed by atoms with E-state index >= 15 is 0 Å². The predicted molar refractivity (Wildman–Crippen MR) is 58.4 cm³/mol. The highest BCUT2D eigenvalue weighted by Crippen LogP contribution is 2.39. The van der Waals surface area contributed by atoms with Gasteiger partial charge in [-0.3, -0.25) is 4.79 Å². The van der Waals surface area contributed by atoms with Gasteiger partial charge in [-0.05, 0) is 11.4 Å². The quantitative estimate of drug-likeness (QED) is 0.832. The van der Waals surface area contributed by atoms with E-state index in [1.165, 1.54) is 22.8 Å². The minimum Gasteiger partial charge on any atom is -0.479 e. The zero-order chi connectivity index (χ0) is 16.4. The molecule has 0 saturated carbocycles. The monoisotopic (exact) mass is 335 g/mol. The summed E-state index contributed by atoms with van der Waals surface area (Å²) in [5, 5.41) is 11.4. The van der Waals surface area contributed by atoms with Crippen LogP contribution in [-0.4, -0.2) is 29.3 Å². The Bertz CT molecular complexity index is 496. The minimum absolute atomic E-state index is 0.0982. The van der Waals surface area contributed by atoms with Crippen molar-refractivity contribution in [3.63, 3.8) is 0 Å². The van der Waals surface area contributed by atoms with Crippen molar-refractivity contribution < 1.29 is 41.0 Å². The van der Waals surface area contributed by atoms with Crippen molar-refractivity contribution in [1.82, 2.24) is 5.32 Å². The number of carboxylic acids is 1. The molecule has 1 aromatic rings. The molecule has 1 unspecified atom stereocenters. The first-order valence-corrected chi connectivity index (χ1v) is 6.02. The maximum absolute atomic E-state index is 12.3. The third-order valence-corrected chi connectivity index (χ3v) is 3.22. The molecule has 2 N–H and O–H groups in total. The SMILES string of the molecule is O=C(O)C(NC(=O)C(C(F)(F)F)C(F)(F)F)c1cccs1. The van der Waals surface area contributed by atoms with Gasteiger partial charge in [-0.15, -0.1) is 11.3 Å². The number of hydrogen-bond donors (Lipinski definition) is 2. The molecule has 1 amide bonds. The standard InChI is InChI=1S/C10H7F6NO3S/c11-9(12,13)6(10(14,15)16)7(18)17-5(8(19)20)4-2-1-3-21-4/h1-3,5-6H,(H,17,18)(H,19,20). The normalized spacial score (nSPS) is 14.0. The second kappa shape index (κ2) is 5.92. The highest BCUT2D eigenvalue weighted by atomic mass is 32.1. The molecule has 1 heterocycles. The third kappa shape index (κ3) is 4.34. The van der Waals surface area contributed by atoms with Gasteiger partial charge in [0.15, 0.2) is 6.04 Å². The van der Waals surface area contributed by atoms with Crippen LogP contribution in [0.25, 0.3) is 0 Å². The fourth-order valence-corrected chi connectivity index (χ4v) is 2.19. The number of nitrogens with one attached hydrogen (secondary N) is 1. The summed E-state index contributed by atoms with van der Waals surface area (Å²) >= 11 is 0.770. The molecular formula is C10H7F6NO3S. The lowest BCUT2D eigenvalue weighted by atomic mass is 10.1. The van der Waals surface area contributed by atoms with Gasteiger partial charge in [0.25, 0.3) is 0 Å². The number of carboxylic acid groups (broad SMARTS) is 1. The van der Waals surface area contributed by atoms with Crippen molar-refractivity contribution in [2.75, 3.05) is 0 Å². The Hall–Kier alpha value is -1.78. The first kappa shape index (κ1) is 17.3. The van der Waals surface area contributed by atoms with Crippen LogP contribution in [0.15, 0.2) is 17.5 Å². The van der Waals surface area contributed by atoms with Crippen LogP contribution in [0, 0.1) is 5.92 Å². The molecule has 0 aliphatic heterocycles. The highest BCUT2D eigenvalue weighted by molar-refractivity contribution is 7.10. The average Bonchev–Trinajstić information content (AvgIpc) is 2.73. The zero-order valence-corrected chi connectivity index (χ0v) is 10.6. The van der Waals surface area contributed by atoms with Gasteiger partial charge in [0.1, 0.15) is 0 Å². The van der Waals surface area contributed by atoms with Crippen molar-refractivity contribution >= 4 is 23.2 Å². The van der Waals surface area contributed by atoms with Crippen LogP contribution in [-0.2, 0) is 9.59 Å². The summed E-state index contributed by atoms with van der Waals surface area (Å²) in [5.41, 5.74) is 0. The van der Waals surface area contributed by atoms with Crippen LogP contribution in [0.5, 0.6) is 0 Å².